The number of amides is 1. The van der Waals surface area contributed by atoms with Crippen molar-refractivity contribution in [3.05, 3.63) is 29.8 Å². The number of hydrogen-bond acceptors (Lipinski definition) is 3. The molecule has 4 heteroatoms. The van der Waals surface area contributed by atoms with E-state index in [0.717, 1.165) is 0 Å². The van der Waals surface area contributed by atoms with Gasteiger partial charge in [0.25, 0.3) is 0 Å². The van der Waals surface area contributed by atoms with Crippen molar-refractivity contribution < 1.29 is 9.90 Å². The van der Waals surface area contributed by atoms with Crippen molar-refractivity contribution in [2.24, 2.45) is 0 Å². The minimum Gasteiger partial charge on any atom is -0.396 e. The number of nitrogens with one attached hydrogen (secondary N) is 1. The Kier molecular flexibility index (Phi) is 3.65. The second-order valence-corrected chi connectivity index (χ2v) is 2.71. The van der Waals surface area contributed by atoms with Crippen molar-refractivity contribution >= 4 is 11.6 Å². The van der Waals surface area contributed by atoms with Crippen LogP contribution in [0.3, 0.4) is 0 Å². The molecular weight excluding hydrogens is 180 g/mol. The van der Waals surface area contributed by atoms with Gasteiger partial charge in [-0.25, -0.2) is 0 Å². The summed E-state index contributed by atoms with van der Waals surface area (Å²) >= 11 is 0. The molecule has 1 rings (SSSR count). The fourth-order valence-electron chi connectivity index (χ4n) is 0.953. The molecule has 72 valence electrons. The van der Waals surface area contributed by atoms with Gasteiger partial charge >= 0.3 is 0 Å². The van der Waals surface area contributed by atoms with Crippen LogP contribution in [0.5, 0.6) is 0 Å². The average Bonchev–Trinajstić information content (AvgIpc) is 2.19. The molecule has 0 aliphatic rings. The first kappa shape index (κ1) is 10.2. The lowest BCUT2D eigenvalue weighted by Crippen LogP contribution is -2.12. The van der Waals surface area contributed by atoms with E-state index in [-0.39, 0.29) is 18.9 Å². The van der Waals surface area contributed by atoms with E-state index >= 15 is 0 Å². The van der Waals surface area contributed by atoms with Crippen LogP contribution in [0.2, 0.25) is 0 Å². The van der Waals surface area contributed by atoms with Crippen molar-refractivity contribution in [3.8, 4) is 6.07 Å². The molecule has 2 N–H and O–H groups in total. The van der Waals surface area contributed by atoms with E-state index in [9.17, 15) is 4.79 Å². The molecule has 1 aromatic rings. The zero-order chi connectivity index (χ0) is 10.4. The SMILES string of the molecule is N#Cc1ccc(NC(=O)CCO)cc1. The molecule has 0 saturated heterocycles. The van der Waals surface area contributed by atoms with Crippen molar-refractivity contribution in [2.45, 2.75) is 6.42 Å². The topological polar surface area (TPSA) is 73.1 Å². The minimum atomic E-state index is -0.239. The number of carbonyl (C=O) groups is 1. The summed E-state index contributed by atoms with van der Waals surface area (Å²) in [5.41, 5.74) is 1.17. The van der Waals surface area contributed by atoms with Crippen molar-refractivity contribution in [1.29, 1.82) is 5.26 Å². The predicted octanol–water partition coefficient (Wildman–Crippen LogP) is 0.879. The maximum atomic E-state index is 11.0. The Morgan fingerprint density at radius 2 is 2.07 bits per heavy atom. The van der Waals surface area contributed by atoms with Crippen LogP contribution in [-0.2, 0) is 4.79 Å². The Hall–Kier alpha value is -1.86. The zero-order valence-electron chi connectivity index (χ0n) is 7.53. The number of carbonyl (C=O) groups excluding carboxylic acids is 1. The lowest BCUT2D eigenvalue weighted by atomic mass is 10.2. The van der Waals surface area contributed by atoms with Gasteiger partial charge in [-0.1, -0.05) is 0 Å². The minimum absolute atomic E-state index is 0.0833. The summed E-state index contributed by atoms with van der Waals surface area (Å²) in [6, 6.07) is 8.51. The van der Waals surface area contributed by atoms with Gasteiger partial charge in [0.15, 0.2) is 0 Å². The third-order valence-electron chi connectivity index (χ3n) is 1.64. The van der Waals surface area contributed by atoms with Crippen LogP contribution in [0, 0.1) is 11.3 Å². The second kappa shape index (κ2) is 5.00. The fourth-order valence-corrected chi connectivity index (χ4v) is 0.953. The first-order valence-electron chi connectivity index (χ1n) is 4.17. The number of nitrogens with zero attached hydrogens (tertiary/aromatic N) is 1. The van der Waals surface area contributed by atoms with Gasteiger partial charge in [0.1, 0.15) is 0 Å². The lowest BCUT2D eigenvalue weighted by molar-refractivity contribution is -0.116. The van der Waals surface area contributed by atoms with E-state index in [1.165, 1.54) is 0 Å². The van der Waals surface area contributed by atoms with E-state index in [0.29, 0.717) is 11.3 Å². The number of benzene rings is 1. The van der Waals surface area contributed by atoms with Gasteiger partial charge in [-0.2, -0.15) is 5.26 Å². The van der Waals surface area contributed by atoms with E-state index < -0.39 is 0 Å². The Labute approximate surface area is 81.8 Å². The van der Waals surface area contributed by atoms with Crippen LogP contribution in [0.15, 0.2) is 24.3 Å². The molecule has 0 heterocycles. The lowest BCUT2D eigenvalue weighted by Gasteiger charge is -2.02. The van der Waals surface area contributed by atoms with Gasteiger partial charge in [0, 0.05) is 5.69 Å². The van der Waals surface area contributed by atoms with Crippen molar-refractivity contribution in [2.75, 3.05) is 11.9 Å². The van der Waals surface area contributed by atoms with Gasteiger partial charge in [-0.15, -0.1) is 0 Å². The smallest absolute Gasteiger partial charge is 0.226 e. The second-order valence-electron chi connectivity index (χ2n) is 2.71. The van der Waals surface area contributed by atoms with Crippen LogP contribution >= 0.6 is 0 Å². The summed E-state index contributed by atoms with van der Waals surface area (Å²) in [5, 5.41) is 19.6. The molecular formula is C10H10N2O2. The van der Waals surface area contributed by atoms with E-state index in [2.05, 4.69) is 5.32 Å². The highest BCUT2D eigenvalue weighted by Crippen LogP contribution is 2.08. The van der Waals surface area contributed by atoms with Crippen LogP contribution < -0.4 is 5.32 Å². The van der Waals surface area contributed by atoms with E-state index in [1.807, 2.05) is 6.07 Å². The maximum Gasteiger partial charge on any atom is 0.226 e. The molecule has 0 unspecified atom stereocenters. The number of hydrogen-bond donors (Lipinski definition) is 2. The Bertz CT molecular complexity index is 351. The molecule has 0 saturated carbocycles. The first-order valence-corrected chi connectivity index (χ1v) is 4.17. The number of nitriles is 1. The molecule has 0 radical (unpaired) electrons. The van der Waals surface area contributed by atoms with Crippen LogP contribution in [-0.4, -0.2) is 17.6 Å². The molecule has 0 fully saturated rings. The third-order valence-corrected chi connectivity index (χ3v) is 1.64. The fraction of sp³-hybridized carbons (Fsp3) is 0.200. The molecule has 1 aromatic carbocycles. The summed E-state index contributed by atoms with van der Waals surface area (Å²) < 4.78 is 0. The zero-order valence-corrected chi connectivity index (χ0v) is 7.53. The maximum absolute atomic E-state index is 11.0. The largest absolute Gasteiger partial charge is 0.396 e. The predicted molar refractivity (Wildman–Crippen MR) is 51.5 cm³/mol. The molecule has 0 aliphatic heterocycles. The molecule has 0 aliphatic carbocycles. The van der Waals surface area contributed by atoms with Crippen molar-refractivity contribution in [3.63, 3.8) is 0 Å². The third kappa shape index (κ3) is 2.88. The number of aliphatic hydroxyl groups excluding tert-OH is 1. The molecule has 0 aromatic heterocycles. The monoisotopic (exact) mass is 190 g/mol. The number of rotatable bonds is 3. The van der Waals surface area contributed by atoms with Gasteiger partial charge < -0.3 is 10.4 Å². The molecule has 0 atom stereocenters. The molecule has 0 bridgehead atoms. The van der Waals surface area contributed by atoms with Crippen LogP contribution in [0.4, 0.5) is 5.69 Å². The highest BCUT2D eigenvalue weighted by molar-refractivity contribution is 5.90. The van der Waals surface area contributed by atoms with Crippen LogP contribution in [0.1, 0.15) is 12.0 Å². The van der Waals surface area contributed by atoms with Gasteiger partial charge in [0.2, 0.25) is 5.91 Å². The standard InChI is InChI=1S/C10H10N2O2/c11-7-8-1-3-9(4-2-8)12-10(14)5-6-13/h1-4,13H,5-6H2,(H,12,14). The number of aliphatic hydroxyl groups is 1. The summed E-state index contributed by atoms with van der Waals surface area (Å²) in [7, 11) is 0. The number of anilines is 1. The molecule has 0 spiro atoms. The highest BCUT2D eigenvalue weighted by Gasteiger charge is 2.00. The summed E-state index contributed by atoms with van der Waals surface area (Å²) in [6.07, 6.45) is 0.0833. The summed E-state index contributed by atoms with van der Waals surface area (Å²) in [6.45, 7) is -0.165. The van der Waals surface area contributed by atoms with Gasteiger partial charge in [-0.3, -0.25) is 4.79 Å². The quantitative estimate of drug-likeness (QED) is 0.743. The van der Waals surface area contributed by atoms with Gasteiger partial charge in [0.05, 0.1) is 24.7 Å². The van der Waals surface area contributed by atoms with Gasteiger partial charge in [-0.05, 0) is 24.3 Å². The molecule has 14 heavy (non-hydrogen) atoms. The Morgan fingerprint density at radius 1 is 1.43 bits per heavy atom. The molecule has 4 nitrogen and oxygen atoms in total. The highest BCUT2D eigenvalue weighted by atomic mass is 16.3. The Balaban J connectivity index is 2.61. The molecule has 1 amide bonds. The van der Waals surface area contributed by atoms with E-state index in [1.54, 1.807) is 24.3 Å². The average molecular weight is 190 g/mol. The van der Waals surface area contributed by atoms with E-state index in [4.69, 9.17) is 10.4 Å². The summed E-state index contributed by atoms with van der Waals surface area (Å²) in [4.78, 5) is 11.0. The normalized spacial score (nSPS) is 9.14. The summed E-state index contributed by atoms with van der Waals surface area (Å²) in [5.74, 6) is -0.239. The Morgan fingerprint density at radius 3 is 2.57 bits per heavy atom. The first-order chi connectivity index (χ1) is 6.76. The van der Waals surface area contributed by atoms with Crippen molar-refractivity contribution in [1.82, 2.24) is 0 Å². The van der Waals surface area contributed by atoms with Crippen LogP contribution in [0.25, 0.3) is 0 Å².